The molecule has 1 amide bonds. The Balaban J connectivity index is 1.81. The van der Waals surface area contributed by atoms with Gasteiger partial charge in [0, 0.05) is 18.2 Å². The van der Waals surface area contributed by atoms with E-state index in [1.807, 2.05) is 0 Å². The number of nitro benzene ring substituents is 1. The van der Waals surface area contributed by atoms with Crippen LogP contribution < -0.4 is 5.32 Å². The molecule has 2 rings (SSSR count). The molecule has 1 aromatic carbocycles. The second-order valence-corrected chi connectivity index (χ2v) is 6.86. The normalized spacial score (nSPS) is 15.7. The van der Waals surface area contributed by atoms with Gasteiger partial charge in [-0.05, 0) is 57.3 Å². The lowest BCUT2D eigenvalue weighted by atomic mass is 10.2. The van der Waals surface area contributed by atoms with Crippen LogP contribution in [0.4, 0.5) is 5.69 Å². The minimum atomic E-state index is -0.443. The first-order valence-corrected chi connectivity index (χ1v) is 9.67. The number of carbonyl (C=O) groups excluding carboxylic acids is 1. The first-order chi connectivity index (χ1) is 11.6. The third-order valence-electron chi connectivity index (χ3n) is 4.27. The SMILES string of the molecule is CSc1ccc(C(=O)NCCCN2CCCCCC2)cc1[N+](=O)[O-]. The van der Waals surface area contributed by atoms with Gasteiger partial charge in [-0.3, -0.25) is 14.9 Å². The molecule has 0 spiro atoms. The fraction of sp³-hybridized carbons (Fsp3) is 0.588. The van der Waals surface area contributed by atoms with Gasteiger partial charge in [0.1, 0.15) is 0 Å². The quantitative estimate of drug-likeness (QED) is 0.353. The number of carbonyl (C=O) groups is 1. The van der Waals surface area contributed by atoms with Crippen molar-refractivity contribution in [3.05, 3.63) is 33.9 Å². The van der Waals surface area contributed by atoms with Crippen molar-refractivity contribution in [2.24, 2.45) is 0 Å². The molecule has 132 valence electrons. The van der Waals surface area contributed by atoms with Crippen LogP contribution in [-0.4, -0.2) is 48.2 Å². The van der Waals surface area contributed by atoms with E-state index in [4.69, 9.17) is 0 Å². The maximum absolute atomic E-state index is 12.2. The van der Waals surface area contributed by atoms with Gasteiger partial charge < -0.3 is 10.2 Å². The second-order valence-electron chi connectivity index (χ2n) is 6.01. The summed E-state index contributed by atoms with van der Waals surface area (Å²) in [5, 5.41) is 13.9. The van der Waals surface area contributed by atoms with E-state index in [0.29, 0.717) is 17.0 Å². The number of hydrogen-bond donors (Lipinski definition) is 1. The highest BCUT2D eigenvalue weighted by Gasteiger charge is 2.17. The summed E-state index contributed by atoms with van der Waals surface area (Å²) >= 11 is 1.30. The zero-order valence-electron chi connectivity index (χ0n) is 14.1. The summed E-state index contributed by atoms with van der Waals surface area (Å²) in [6.45, 7) is 3.88. The van der Waals surface area contributed by atoms with Crippen LogP contribution in [0.25, 0.3) is 0 Å². The fourth-order valence-corrected chi connectivity index (χ4v) is 3.49. The zero-order valence-corrected chi connectivity index (χ0v) is 14.9. The zero-order chi connectivity index (χ0) is 17.4. The van der Waals surface area contributed by atoms with E-state index in [1.165, 1.54) is 43.5 Å². The van der Waals surface area contributed by atoms with E-state index < -0.39 is 4.92 Å². The molecular weight excluding hydrogens is 326 g/mol. The van der Waals surface area contributed by atoms with Gasteiger partial charge in [0.15, 0.2) is 0 Å². The maximum Gasteiger partial charge on any atom is 0.283 e. The molecule has 1 N–H and O–H groups in total. The summed E-state index contributed by atoms with van der Waals surface area (Å²) in [4.78, 5) is 25.8. The molecule has 1 aliphatic heterocycles. The van der Waals surface area contributed by atoms with E-state index in [1.54, 1.807) is 18.4 Å². The van der Waals surface area contributed by atoms with Gasteiger partial charge >= 0.3 is 0 Å². The van der Waals surface area contributed by atoms with Gasteiger partial charge in [-0.1, -0.05) is 12.8 Å². The Bertz CT molecular complexity index is 572. The van der Waals surface area contributed by atoms with Crippen molar-refractivity contribution in [2.75, 3.05) is 32.4 Å². The average Bonchev–Trinajstić information content (AvgIpc) is 2.86. The summed E-state index contributed by atoms with van der Waals surface area (Å²) in [7, 11) is 0. The number of thioether (sulfide) groups is 1. The van der Waals surface area contributed by atoms with E-state index >= 15 is 0 Å². The number of amides is 1. The fourth-order valence-electron chi connectivity index (χ4n) is 2.94. The first kappa shape index (κ1) is 18.7. The van der Waals surface area contributed by atoms with Crippen LogP contribution in [-0.2, 0) is 0 Å². The predicted molar refractivity (Wildman–Crippen MR) is 96.7 cm³/mol. The minimum absolute atomic E-state index is 0.0142. The van der Waals surface area contributed by atoms with Crippen LogP contribution in [0, 0.1) is 10.1 Å². The molecule has 0 radical (unpaired) electrons. The number of rotatable bonds is 7. The Kier molecular flexibility index (Phi) is 7.52. The third kappa shape index (κ3) is 5.49. The summed E-state index contributed by atoms with van der Waals surface area (Å²) < 4.78 is 0. The van der Waals surface area contributed by atoms with E-state index in [-0.39, 0.29) is 11.6 Å². The van der Waals surface area contributed by atoms with Crippen LogP contribution in [0.3, 0.4) is 0 Å². The van der Waals surface area contributed by atoms with Gasteiger partial charge in [0.2, 0.25) is 0 Å². The van der Waals surface area contributed by atoms with E-state index in [9.17, 15) is 14.9 Å². The monoisotopic (exact) mass is 351 g/mol. The van der Waals surface area contributed by atoms with Crippen molar-refractivity contribution in [1.82, 2.24) is 10.2 Å². The van der Waals surface area contributed by atoms with Gasteiger partial charge in [0.05, 0.1) is 9.82 Å². The van der Waals surface area contributed by atoms with Crippen LogP contribution in [0.15, 0.2) is 23.1 Å². The number of nitro groups is 1. The Hall–Kier alpha value is -1.60. The molecule has 0 aliphatic carbocycles. The van der Waals surface area contributed by atoms with Gasteiger partial charge in [-0.2, -0.15) is 0 Å². The van der Waals surface area contributed by atoms with E-state index in [2.05, 4.69) is 10.2 Å². The minimum Gasteiger partial charge on any atom is -0.352 e. The van der Waals surface area contributed by atoms with Crippen molar-refractivity contribution < 1.29 is 9.72 Å². The summed E-state index contributed by atoms with van der Waals surface area (Å²) in [6.07, 6.45) is 7.84. The molecule has 1 heterocycles. The highest BCUT2D eigenvalue weighted by molar-refractivity contribution is 7.98. The van der Waals surface area contributed by atoms with Crippen LogP contribution >= 0.6 is 11.8 Å². The summed E-state index contributed by atoms with van der Waals surface area (Å²) in [5.41, 5.74) is 0.328. The number of nitrogens with one attached hydrogen (secondary N) is 1. The Labute approximate surface area is 147 Å². The highest BCUT2D eigenvalue weighted by atomic mass is 32.2. The molecule has 0 bridgehead atoms. The van der Waals surface area contributed by atoms with Crippen LogP contribution in [0.2, 0.25) is 0 Å². The summed E-state index contributed by atoms with van der Waals surface area (Å²) in [6, 6.07) is 4.63. The van der Waals surface area contributed by atoms with Crippen molar-refractivity contribution in [3.63, 3.8) is 0 Å². The van der Waals surface area contributed by atoms with Gasteiger partial charge in [-0.15, -0.1) is 11.8 Å². The lowest BCUT2D eigenvalue weighted by molar-refractivity contribution is -0.387. The molecule has 0 atom stereocenters. The van der Waals surface area contributed by atoms with Crippen molar-refractivity contribution in [2.45, 2.75) is 37.0 Å². The maximum atomic E-state index is 12.2. The first-order valence-electron chi connectivity index (χ1n) is 8.45. The molecular formula is C17H25N3O3S. The third-order valence-corrected chi connectivity index (χ3v) is 5.06. The topological polar surface area (TPSA) is 75.5 Å². The number of benzene rings is 1. The Morgan fingerprint density at radius 1 is 1.29 bits per heavy atom. The van der Waals surface area contributed by atoms with E-state index in [0.717, 1.165) is 26.1 Å². The largest absolute Gasteiger partial charge is 0.352 e. The van der Waals surface area contributed by atoms with Crippen molar-refractivity contribution in [1.29, 1.82) is 0 Å². The van der Waals surface area contributed by atoms with Gasteiger partial charge in [0.25, 0.3) is 11.6 Å². The summed E-state index contributed by atoms with van der Waals surface area (Å²) in [5.74, 6) is -0.249. The molecule has 6 nitrogen and oxygen atoms in total. The standard InChI is InChI=1S/C17H25N3O3S/c1-24-16-8-7-14(13-15(16)20(22)23)17(21)18-9-6-12-19-10-4-2-3-5-11-19/h7-8,13H,2-6,9-12H2,1H3,(H,18,21). The Morgan fingerprint density at radius 3 is 2.62 bits per heavy atom. The number of hydrogen-bond acceptors (Lipinski definition) is 5. The number of nitrogens with zero attached hydrogens (tertiary/aromatic N) is 2. The molecule has 1 fully saturated rings. The molecule has 1 aromatic rings. The molecule has 24 heavy (non-hydrogen) atoms. The predicted octanol–water partition coefficient (Wildman–Crippen LogP) is 3.31. The second kappa shape index (κ2) is 9.64. The molecule has 7 heteroatoms. The molecule has 0 aromatic heterocycles. The van der Waals surface area contributed by atoms with Crippen LogP contribution in [0.5, 0.6) is 0 Å². The molecule has 1 saturated heterocycles. The Morgan fingerprint density at radius 2 is 2.00 bits per heavy atom. The highest BCUT2D eigenvalue weighted by Crippen LogP contribution is 2.28. The molecule has 0 saturated carbocycles. The lowest BCUT2D eigenvalue weighted by Gasteiger charge is -2.19. The average molecular weight is 351 g/mol. The molecule has 0 unspecified atom stereocenters. The van der Waals surface area contributed by atoms with Gasteiger partial charge in [-0.25, -0.2) is 0 Å². The van der Waals surface area contributed by atoms with Crippen molar-refractivity contribution >= 4 is 23.4 Å². The lowest BCUT2D eigenvalue weighted by Crippen LogP contribution is -2.30. The smallest absolute Gasteiger partial charge is 0.283 e. The van der Waals surface area contributed by atoms with Crippen LogP contribution in [0.1, 0.15) is 42.5 Å². The van der Waals surface area contributed by atoms with Crippen molar-refractivity contribution in [3.8, 4) is 0 Å². The number of likely N-dealkylation sites (tertiary alicyclic amines) is 1. The molecule has 1 aliphatic rings.